The number of ether oxygens (including phenoxy) is 1. The number of rotatable bonds is 14. The summed E-state index contributed by atoms with van der Waals surface area (Å²) < 4.78 is 56.0. The van der Waals surface area contributed by atoms with Crippen molar-refractivity contribution in [1.82, 2.24) is 4.57 Å². The number of likely N-dealkylation sites (N-methyl/N-ethyl adjacent to an activating group) is 1. The van der Waals surface area contributed by atoms with Crippen LogP contribution in [0.25, 0.3) is 36.9 Å². The molecular weight excluding hydrogens is 728 g/mol. The number of aromatic nitrogens is 1. The number of hydrogen-bond donors (Lipinski definition) is 1. The molecule has 276 valence electrons. The maximum absolute atomic E-state index is 15.3. The van der Waals surface area contributed by atoms with E-state index in [1.165, 1.54) is 60.9 Å². The molecule has 7 nitrogen and oxygen atoms in total. The summed E-state index contributed by atoms with van der Waals surface area (Å²) in [5.41, 5.74) is -0.964. The van der Waals surface area contributed by atoms with Gasteiger partial charge in [0.05, 0.1) is 27.0 Å². The molecule has 0 bridgehead atoms. The molecule has 3 aromatic heterocycles. The summed E-state index contributed by atoms with van der Waals surface area (Å²) in [6, 6.07) is 24.4. The molecule has 0 spiro atoms. The van der Waals surface area contributed by atoms with Crippen molar-refractivity contribution in [3.05, 3.63) is 106 Å². The minimum atomic E-state index is -5.06. The fourth-order valence-electron chi connectivity index (χ4n) is 6.91. The monoisotopic (exact) mass is 765 g/mol. The zero-order valence-corrected chi connectivity index (χ0v) is 31.5. The fourth-order valence-corrected chi connectivity index (χ4v) is 9.29. The van der Waals surface area contributed by atoms with Gasteiger partial charge in [0.25, 0.3) is 5.60 Å². The second-order valence-corrected chi connectivity index (χ2v) is 15.2. The number of halogens is 3. The first-order valence-corrected chi connectivity index (χ1v) is 19.4. The number of unbranched alkanes of at least 4 members (excludes halogenated alkanes) is 5. The molecule has 6 rings (SSSR count). The van der Waals surface area contributed by atoms with Crippen molar-refractivity contribution in [2.24, 2.45) is 0 Å². The lowest BCUT2D eigenvalue weighted by molar-refractivity contribution is -0.249. The van der Waals surface area contributed by atoms with Crippen LogP contribution in [0.2, 0.25) is 0 Å². The number of anilines is 1. The first kappa shape index (κ1) is 38.4. The predicted octanol–water partition coefficient (Wildman–Crippen LogP) is 11.0. The van der Waals surface area contributed by atoms with E-state index >= 15 is 13.2 Å². The zero-order valence-electron chi connectivity index (χ0n) is 29.9. The van der Waals surface area contributed by atoms with Crippen LogP contribution in [0.1, 0.15) is 55.9 Å². The lowest BCUT2D eigenvalue weighted by Gasteiger charge is -2.33. The molecule has 0 radical (unpaired) electrons. The third-order valence-corrected chi connectivity index (χ3v) is 12.1. The lowest BCUT2D eigenvalue weighted by atomic mass is 9.84. The van der Waals surface area contributed by atoms with Crippen molar-refractivity contribution >= 4 is 54.9 Å². The third-order valence-electron chi connectivity index (χ3n) is 9.68. The molecule has 1 atom stereocenters. The maximum atomic E-state index is 15.3. The van der Waals surface area contributed by atoms with E-state index in [1.54, 1.807) is 41.7 Å². The lowest BCUT2D eigenvalue weighted by Crippen LogP contribution is -2.43. The van der Waals surface area contributed by atoms with Gasteiger partial charge in [0, 0.05) is 46.7 Å². The van der Waals surface area contributed by atoms with Gasteiger partial charge >= 0.3 is 6.18 Å². The standard InChI is InChI=1S/C42H38F3N5O2S2/c1-3-4-5-6-7-11-20-50-35-23-32(53-39(35)40-36(50)24-37(54-40)28-14-16-31(17-15-28)49(2)21-22-51)18-19-34-33(27-48)38(29(25-46)26-47)52-41(34,42(43,44)45)30-12-9-8-10-13-30/h8-10,12-19,23-24,51H,3-7,11,20-22H2,1-2H3/b19-18+. The summed E-state index contributed by atoms with van der Waals surface area (Å²) in [6.07, 6.45) is 4.54. The Kier molecular flexibility index (Phi) is 11.6. The Balaban J connectivity index is 1.45. The minimum absolute atomic E-state index is 0.0627. The summed E-state index contributed by atoms with van der Waals surface area (Å²) in [5.74, 6) is -0.689. The van der Waals surface area contributed by atoms with Crippen molar-refractivity contribution in [3.63, 3.8) is 0 Å². The van der Waals surface area contributed by atoms with E-state index in [-0.39, 0.29) is 12.2 Å². The van der Waals surface area contributed by atoms with Crippen LogP contribution >= 0.6 is 22.7 Å². The van der Waals surface area contributed by atoms with E-state index in [0.717, 1.165) is 62.4 Å². The quantitative estimate of drug-likeness (QED) is 0.0890. The molecule has 0 saturated heterocycles. The third kappa shape index (κ3) is 7.15. The highest BCUT2D eigenvalue weighted by atomic mass is 32.1. The van der Waals surface area contributed by atoms with Gasteiger partial charge < -0.3 is 19.3 Å². The van der Waals surface area contributed by atoms with Crippen LogP contribution in [0, 0.1) is 34.0 Å². The fraction of sp³-hybridized carbons (Fsp3) is 0.310. The van der Waals surface area contributed by atoms with Gasteiger partial charge in [0.15, 0.2) is 11.3 Å². The molecule has 5 aromatic rings. The molecule has 1 unspecified atom stereocenters. The summed E-state index contributed by atoms with van der Waals surface area (Å²) in [4.78, 5) is 3.76. The smallest absolute Gasteiger partial charge is 0.437 e. The number of aliphatic hydroxyl groups is 1. The number of nitrogens with zero attached hydrogens (tertiary/aromatic N) is 5. The van der Waals surface area contributed by atoms with Gasteiger partial charge in [0.1, 0.15) is 23.8 Å². The van der Waals surface area contributed by atoms with E-state index < -0.39 is 34.3 Å². The van der Waals surface area contributed by atoms with Gasteiger partial charge in [-0.1, -0.05) is 87.6 Å². The molecule has 2 aromatic carbocycles. The second-order valence-electron chi connectivity index (χ2n) is 13.1. The SMILES string of the molecule is CCCCCCCCn1c2cc(/C=C/C3=C(C#N)C(=C(C#N)C#N)OC3(c3ccccc3)C(F)(F)F)sc2c2sc(-c3ccc(N(C)CCO)cc3)cc21. The average molecular weight is 766 g/mol. The number of alkyl halides is 3. The number of aryl methyl sites for hydroxylation is 1. The molecule has 0 saturated carbocycles. The molecule has 4 heterocycles. The number of nitriles is 3. The van der Waals surface area contributed by atoms with Crippen LogP contribution in [-0.4, -0.2) is 36.0 Å². The van der Waals surface area contributed by atoms with Gasteiger partial charge in [-0.3, -0.25) is 0 Å². The molecule has 0 aliphatic carbocycles. The molecule has 1 N–H and O–H groups in total. The molecule has 1 aliphatic rings. The van der Waals surface area contributed by atoms with E-state index in [9.17, 15) is 20.9 Å². The van der Waals surface area contributed by atoms with Crippen molar-refractivity contribution < 1.29 is 23.0 Å². The first-order chi connectivity index (χ1) is 26.1. The minimum Gasteiger partial charge on any atom is -0.465 e. The number of thiophene rings is 2. The largest absolute Gasteiger partial charge is 0.465 e. The number of fused-ring (bicyclic) bond motifs is 3. The van der Waals surface area contributed by atoms with Crippen LogP contribution in [0.15, 0.2) is 95.3 Å². The van der Waals surface area contributed by atoms with E-state index in [2.05, 4.69) is 29.7 Å². The highest BCUT2D eigenvalue weighted by Crippen LogP contribution is 2.56. The maximum Gasteiger partial charge on any atom is 0.437 e. The predicted molar refractivity (Wildman–Crippen MR) is 210 cm³/mol. The Morgan fingerprint density at radius 1 is 0.907 bits per heavy atom. The van der Waals surface area contributed by atoms with Crippen molar-refractivity contribution in [3.8, 4) is 28.6 Å². The topological polar surface area (TPSA) is 109 Å². The summed E-state index contributed by atoms with van der Waals surface area (Å²) >= 11 is 3.13. The highest BCUT2D eigenvalue weighted by Gasteiger charge is 2.65. The Bertz CT molecular complexity index is 2350. The molecule has 0 fully saturated rings. The summed E-state index contributed by atoms with van der Waals surface area (Å²) in [7, 11) is 1.93. The number of aliphatic hydroxyl groups excluding tert-OH is 1. The van der Waals surface area contributed by atoms with Crippen molar-refractivity contribution in [1.29, 1.82) is 15.8 Å². The molecule has 1 aliphatic heterocycles. The zero-order chi connectivity index (χ0) is 38.5. The van der Waals surface area contributed by atoms with Crippen LogP contribution < -0.4 is 4.90 Å². The number of hydrogen-bond acceptors (Lipinski definition) is 8. The van der Waals surface area contributed by atoms with E-state index in [1.807, 2.05) is 30.1 Å². The average Bonchev–Trinajstić information content (AvgIpc) is 3.93. The summed E-state index contributed by atoms with van der Waals surface area (Å²) in [6.45, 7) is 3.57. The first-order valence-electron chi connectivity index (χ1n) is 17.8. The van der Waals surface area contributed by atoms with E-state index in [0.29, 0.717) is 11.4 Å². The molecule has 0 amide bonds. The number of allylic oxidation sites excluding steroid dienone is 2. The van der Waals surface area contributed by atoms with Gasteiger partial charge in [0.2, 0.25) is 0 Å². The number of benzene rings is 2. The van der Waals surface area contributed by atoms with Crippen LogP contribution in [-0.2, 0) is 16.9 Å². The van der Waals surface area contributed by atoms with Gasteiger partial charge in [-0.2, -0.15) is 29.0 Å². The molecular formula is C42H38F3N5O2S2. The van der Waals surface area contributed by atoms with Crippen LogP contribution in [0.5, 0.6) is 0 Å². The van der Waals surface area contributed by atoms with Gasteiger partial charge in [-0.15, -0.1) is 22.7 Å². The molecule has 12 heteroatoms. The molecule has 54 heavy (non-hydrogen) atoms. The van der Waals surface area contributed by atoms with Crippen LogP contribution in [0.4, 0.5) is 18.9 Å². The normalized spacial score (nSPS) is 15.9. The summed E-state index contributed by atoms with van der Waals surface area (Å²) in [5, 5.41) is 38.7. The Morgan fingerprint density at radius 3 is 2.22 bits per heavy atom. The van der Waals surface area contributed by atoms with E-state index in [4.69, 9.17) is 4.74 Å². The van der Waals surface area contributed by atoms with Crippen molar-refractivity contribution in [2.45, 2.75) is 63.8 Å². The van der Waals surface area contributed by atoms with Crippen LogP contribution in [0.3, 0.4) is 0 Å². The Labute approximate surface area is 320 Å². The Hall–Kier alpha value is -5.32. The van der Waals surface area contributed by atoms with Gasteiger partial charge in [-0.05, 0) is 42.3 Å². The highest BCUT2D eigenvalue weighted by molar-refractivity contribution is 7.29. The second kappa shape index (κ2) is 16.4. The van der Waals surface area contributed by atoms with Gasteiger partial charge in [-0.25, -0.2) is 0 Å². The Morgan fingerprint density at radius 2 is 1.57 bits per heavy atom. The van der Waals surface area contributed by atoms with Crippen molar-refractivity contribution in [2.75, 3.05) is 25.1 Å².